The maximum Gasteiger partial charge on any atom is 0.230 e. The third-order valence-corrected chi connectivity index (χ3v) is 2.80. The molecule has 2 amide bonds. The van der Waals surface area contributed by atoms with Gasteiger partial charge in [0.1, 0.15) is 5.82 Å². The van der Waals surface area contributed by atoms with Crippen LogP contribution in [-0.2, 0) is 9.59 Å². The molecule has 1 unspecified atom stereocenters. The Labute approximate surface area is 99.6 Å². The quantitative estimate of drug-likeness (QED) is 0.795. The SMILES string of the molecule is Cc1ccc(NC(=O)C2CCC(=O)NC2)nc1. The van der Waals surface area contributed by atoms with E-state index in [1.807, 2.05) is 13.0 Å². The normalized spacial score (nSPS) is 19.6. The number of pyridine rings is 1. The van der Waals surface area contributed by atoms with Crippen molar-refractivity contribution in [2.75, 3.05) is 11.9 Å². The molecule has 1 atom stereocenters. The summed E-state index contributed by atoms with van der Waals surface area (Å²) >= 11 is 0. The van der Waals surface area contributed by atoms with E-state index in [0.29, 0.717) is 25.2 Å². The standard InChI is InChI=1S/C12H15N3O2/c1-8-2-4-10(13-6-8)15-12(17)9-3-5-11(16)14-7-9/h2,4,6,9H,3,5,7H2,1H3,(H,14,16)(H,13,15,17). The molecule has 17 heavy (non-hydrogen) atoms. The lowest BCUT2D eigenvalue weighted by molar-refractivity contribution is -0.126. The number of aromatic nitrogens is 1. The van der Waals surface area contributed by atoms with Gasteiger partial charge in [0.15, 0.2) is 0 Å². The predicted molar refractivity (Wildman–Crippen MR) is 63.3 cm³/mol. The van der Waals surface area contributed by atoms with Crippen molar-refractivity contribution in [3.63, 3.8) is 0 Å². The average Bonchev–Trinajstić information content (AvgIpc) is 2.33. The molecule has 0 aromatic carbocycles. The largest absolute Gasteiger partial charge is 0.355 e. The number of hydrogen-bond acceptors (Lipinski definition) is 3. The van der Waals surface area contributed by atoms with Crippen LogP contribution in [0.5, 0.6) is 0 Å². The molecule has 5 nitrogen and oxygen atoms in total. The van der Waals surface area contributed by atoms with E-state index in [4.69, 9.17) is 0 Å². The van der Waals surface area contributed by atoms with Gasteiger partial charge in [-0.15, -0.1) is 0 Å². The van der Waals surface area contributed by atoms with E-state index < -0.39 is 0 Å². The third-order valence-electron chi connectivity index (χ3n) is 2.80. The van der Waals surface area contributed by atoms with E-state index in [1.54, 1.807) is 12.3 Å². The summed E-state index contributed by atoms with van der Waals surface area (Å²) in [4.78, 5) is 26.9. The fraction of sp³-hybridized carbons (Fsp3) is 0.417. The van der Waals surface area contributed by atoms with Gasteiger partial charge in [-0.05, 0) is 25.0 Å². The minimum absolute atomic E-state index is 0.0162. The summed E-state index contributed by atoms with van der Waals surface area (Å²) in [5, 5.41) is 5.44. The Hall–Kier alpha value is -1.91. The molecule has 1 saturated heterocycles. The van der Waals surface area contributed by atoms with Crippen molar-refractivity contribution in [1.82, 2.24) is 10.3 Å². The number of nitrogens with zero attached hydrogens (tertiary/aromatic N) is 1. The van der Waals surface area contributed by atoms with Gasteiger partial charge in [-0.25, -0.2) is 4.98 Å². The van der Waals surface area contributed by atoms with Gasteiger partial charge in [0, 0.05) is 19.2 Å². The van der Waals surface area contributed by atoms with E-state index in [9.17, 15) is 9.59 Å². The maximum absolute atomic E-state index is 11.9. The molecule has 1 aromatic heterocycles. The highest BCUT2D eigenvalue weighted by molar-refractivity contribution is 5.93. The van der Waals surface area contributed by atoms with E-state index in [2.05, 4.69) is 15.6 Å². The number of aryl methyl sites for hydroxylation is 1. The highest BCUT2D eigenvalue weighted by Crippen LogP contribution is 2.13. The smallest absolute Gasteiger partial charge is 0.230 e. The van der Waals surface area contributed by atoms with E-state index in [1.165, 1.54) is 0 Å². The average molecular weight is 233 g/mol. The van der Waals surface area contributed by atoms with Gasteiger partial charge in [0.25, 0.3) is 0 Å². The Morgan fingerprint density at radius 1 is 1.53 bits per heavy atom. The van der Waals surface area contributed by atoms with Crippen LogP contribution in [0.25, 0.3) is 0 Å². The summed E-state index contributed by atoms with van der Waals surface area (Å²) in [6, 6.07) is 3.67. The molecule has 0 bridgehead atoms. The topological polar surface area (TPSA) is 71.1 Å². The molecule has 0 aliphatic carbocycles. The lowest BCUT2D eigenvalue weighted by atomic mass is 9.98. The first-order chi connectivity index (χ1) is 8.15. The second kappa shape index (κ2) is 4.95. The van der Waals surface area contributed by atoms with E-state index in [-0.39, 0.29) is 17.7 Å². The van der Waals surface area contributed by atoms with Crippen molar-refractivity contribution in [3.05, 3.63) is 23.9 Å². The molecule has 5 heteroatoms. The fourth-order valence-electron chi connectivity index (χ4n) is 1.73. The molecular formula is C12H15N3O2. The molecular weight excluding hydrogens is 218 g/mol. The minimum Gasteiger partial charge on any atom is -0.355 e. The Kier molecular flexibility index (Phi) is 3.37. The van der Waals surface area contributed by atoms with Crippen LogP contribution < -0.4 is 10.6 Å². The Balaban J connectivity index is 1.92. The summed E-state index contributed by atoms with van der Waals surface area (Å²) in [6.07, 6.45) is 2.72. The first-order valence-corrected chi connectivity index (χ1v) is 5.65. The summed E-state index contributed by atoms with van der Waals surface area (Å²) in [7, 11) is 0. The van der Waals surface area contributed by atoms with Gasteiger partial charge < -0.3 is 10.6 Å². The number of amides is 2. The summed E-state index contributed by atoms with van der Waals surface area (Å²) in [5.41, 5.74) is 1.05. The van der Waals surface area contributed by atoms with Crippen molar-refractivity contribution in [2.24, 2.45) is 5.92 Å². The fourth-order valence-corrected chi connectivity index (χ4v) is 1.73. The molecule has 0 spiro atoms. The zero-order chi connectivity index (χ0) is 12.3. The number of hydrogen-bond donors (Lipinski definition) is 2. The lowest BCUT2D eigenvalue weighted by Crippen LogP contribution is -2.40. The van der Waals surface area contributed by atoms with Crippen LogP contribution >= 0.6 is 0 Å². The number of anilines is 1. The highest BCUT2D eigenvalue weighted by atomic mass is 16.2. The summed E-state index contributed by atoms with van der Waals surface area (Å²) in [5.74, 6) is 0.331. The molecule has 1 aromatic rings. The van der Waals surface area contributed by atoms with Crippen LogP contribution in [0, 0.1) is 12.8 Å². The summed E-state index contributed by atoms with van der Waals surface area (Å²) in [6.45, 7) is 2.35. The van der Waals surface area contributed by atoms with Crippen LogP contribution in [0.3, 0.4) is 0 Å². The van der Waals surface area contributed by atoms with Crippen LogP contribution in [0.2, 0.25) is 0 Å². The second-order valence-electron chi connectivity index (χ2n) is 4.25. The monoisotopic (exact) mass is 233 g/mol. The molecule has 1 aliphatic heterocycles. The van der Waals surface area contributed by atoms with Gasteiger partial charge in [0.05, 0.1) is 5.92 Å². The zero-order valence-corrected chi connectivity index (χ0v) is 9.69. The van der Waals surface area contributed by atoms with Crippen molar-refractivity contribution in [2.45, 2.75) is 19.8 Å². The minimum atomic E-state index is -0.157. The van der Waals surface area contributed by atoms with Gasteiger partial charge in [0.2, 0.25) is 11.8 Å². The second-order valence-corrected chi connectivity index (χ2v) is 4.25. The molecule has 0 radical (unpaired) electrons. The number of piperidine rings is 1. The number of carbonyl (C=O) groups excluding carboxylic acids is 2. The van der Waals surface area contributed by atoms with Crippen molar-refractivity contribution in [3.8, 4) is 0 Å². The Bertz CT molecular complexity index is 418. The summed E-state index contributed by atoms with van der Waals surface area (Å²) < 4.78 is 0. The van der Waals surface area contributed by atoms with Crippen LogP contribution in [-0.4, -0.2) is 23.3 Å². The highest BCUT2D eigenvalue weighted by Gasteiger charge is 2.24. The number of rotatable bonds is 2. The van der Waals surface area contributed by atoms with E-state index >= 15 is 0 Å². The van der Waals surface area contributed by atoms with Crippen molar-refractivity contribution < 1.29 is 9.59 Å². The molecule has 1 aliphatic rings. The van der Waals surface area contributed by atoms with Crippen LogP contribution in [0.15, 0.2) is 18.3 Å². The Morgan fingerprint density at radius 2 is 2.35 bits per heavy atom. The maximum atomic E-state index is 11.9. The van der Waals surface area contributed by atoms with Crippen LogP contribution in [0.4, 0.5) is 5.82 Å². The third kappa shape index (κ3) is 3.03. The van der Waals surface area contributed by atoms with E-state index in [0.717, 1.165) is 5.56 Å². The number of nitrogens with one attached hydrogen (secondary N) is 2. The lowest BCUT2D eigenvalue weighted by Gasteiger charge is -2.21. The molecule has 2 rings (SSSR count). The molecule has 2 heterocycles. The molecule has 1 fully saturated rings. The van der Waals surface area contributed by atoms with Crippen molar-refractivity contribution >= 4 is 17.6 Å². The Morgan fingerprint density at radius 3 is 2.94 bits per heavy atom. The van der Waals surface area contributed by atoms with Crippen LogP contribution in [0.1, 0.15) is 18.4 Å². The molecule has 90 valence electrons. The van der Waals surface area contributed by atoms with Crippen molar-refractivity contribution in [1.29, 1.82) is 0 Å². The van der Waals surface area contributed by atoms with Gasteiger partial charge in [-0.2, -0.15) is 0 Å². The molecule has 2 N–H and O–H groups in total. The first kappa shape index (κ1) is 11.6. The van der Waals surface area contributed by atoms with Gasteiger partial charge >= 0.3 is 0 Å². The molecule has 0 saturated carbocycles. The van der Waals surface area contributed by atoms with Gasteiger partial charge in [-0.1, -0.05) is 6.07 Å². The zero-order valence-electron chi connectivity index (χ0n) is 9.69. The van der Waals surface area contributed by atoms with Gasteiger partial charge in [-0.3, -0.25) is 9.59 Å². The first-order valence-electron chi connectivity index (χ1n) is 5.65. The predicted octanol–water partition coefficient (Wildman–Crippen LogP) is 0.855. The number of carbonyl (C=O) groups is 2.